The Morgan fingerprint density at radius 3 is 2.59 bits per heavy atom. The van der Waals surface area contributed by atoms with Gasteiger partial charge in [0, 0.05) is 22.5 Å². The SMILES string of the molecule is C=CN(c1c(C)ccc2c1oc1nc(CC)ccc12)C(C)C. The van der Waals surface area contributed by atoms with Gasteiger partial charge < -0.3 is 9.32 Å². The molecule has 0 radical (unpaired) electrons. The minimum Gasteiger partial charge on any atom is -0.435 e. The minimum atomic E-state index is 0.314. The molecule has 2 heterocycles. The average Bonchev–Trinajstić information content (AvgIpc) is 2.87. The predicted octanol–water partition coefficient (Wildman–Crippen LogP) is 5.21. The summed E-state index contributed by atoms with van der Waals surface area (Å²) in [5.41, 5.74) is 4.92. The maximum absolute atomic E-state index is 6.14. The van der Waals surface area contributed by atoms with E-state index in [1.807, 2.05) is 6.20 Å². The van der Waals surface area contributed by atoms with Gasteiger partial charge in [-0.3, -0.25) is 0 Å². The van der Waals surface area contributed by atoms with Crippen molar-refractivity contribution in [2.45, 2.75) is 40.2 Å². The summed E-state index contributed by atoms with van der Waals surface area (Å²) in [6.45, 7) is 12.5. The van der Waals surface area contributed by atoms with Gasteiger partial charge in [0.15, 0.2) is 5.58 Å². The number of pyridine rings is 1. The highest BCUT2D eigenvalue weighted by Crippen LogP contribution is 2.37. The van der Waals surface area contributed by atoms with E-state index in [1.54, 1.807) is 0 Å². The second kappa shape index (κ2) is 5.48. The monoisotopic (exact) mass is 294 g/mol. The summed E-state index contributed by atoms with van der Waals surface area (Å²) in [4.78, 5) is 6.77. The molecule has 0 amide bonds. The van der Waals surface area contributed by atoms with Gasteiger partial charge in [0.1, 0.15) is 0 Å². The van der Waals surface area contributed by atoms with Crippen LogP contribution < -0.4 is 4.90 Å². The van der Waals surface area contributed by atoms with Crippen LogP contribution in [-0.2, 0) is 6.42 Å². The molecule has 114 valence electrons. The van der Waals surface area contributed by atoms with Crippen LogP contribution in [0.3, 0.4) is 0 Å². The van der Waals surface area contributed by atoms with Crippen LogP contribution in [0.5, 0.6) is 0 Å². The summed E-state index contributed by atoms with van der Waals surface area (Å²) < 4.78 is 6.14. The highest BCUT2D eigenvalue weighted by Gasteiger charge is 2.19. The Hall–Kier alpha value is -2.29. The summed E-state index contributed by atoms with van der Waals surface area (Å²) in [7, 11) is 0. The van der Waals surface area contributed by atoms with E-state index in [2.05, 4.69) is 68.4 Å². The number of fused-ring (bicyclic) bond motifs is 3. The largest absolute Gasteiger partial charge is 0.435 e. The molecule has 3 nitrogen and oxygen atoms in total. The lowest BCUT2D eigenvalue weighted by Crippen LogP contribution is -2.25. The Morgan fingerprint density at radius 1 is 1.23 bits per heavy atom. The van der Waals surface area contributed by atoms with Crippen LogP contribution in [0, 0.1) is 6.92 Å². The molecule has 3 heteroatoms. The van der Waals surface area contributed by atoms with E-state index in [9.17, 15) is 0 Å². The van der Waals surface area contributed by atoms with Crippen LogP contribution in [0.2, 0.25) is 0 Å². The molecule has 0 saturated heterocycles. The van der Waals surface area contributed by atoms with Gasteiger partial charge in [-0.1, -0.05) is 25.6 Å². The first kappa shape index (κ1) is 14.6. The first-order valence-corrected chi connectivity index (χ1v) is 7.79. The summed E-state index contributed by atoms with van der Waals surface area (Å²) in [6.07, 6.45) is 2.77. The van der Waals surface area contributed by atoms with Crippen molar-refractivity contribution in [1.82, 2.24) is 4.98 Å². The number of hydrogen-bond acceptors (Lipinski definition) is 3. The van der Waals surface area contributed by atoms with Gasteiger partial charge in [-0.2, -0.15) is 0 Å². The van der Waals surface area contributed by atoms with Crippen LogP contribution in [0.15, 0.2) is 41.5 Å². The second-order valence-electron chi connectivity index (χ2n) is 5.90. The summed E-state index contributed by atoms with van der Waals surface area (Å²) in [5, 5.41) is 2.18. The number of nitrogens with zero attached hydrogens (tertiary/aromatic N) is 2. The number of aromatic nitrogens is 1. The molecular weight excluding hydrogens is 272 g/mol. The molecule has 0 atom stereocenters. The maximum atomic E-state index is 6.14. The molecule has 3 aromatic rings. The van der Waals surface area contributed by atoms with Crippen LogP contribution in [0.1, 0.15) is 32.0 Å². The van der Waals surface area contributed by atoms with Gasteiger partial charge in [-0.05, 0) is 51.1 Å². The van der Waals surface area contributed by atoms with Gasteiger partial charge in [0.2, 0.25) is 5.71 Å². The second-order valence-corrected chi connectivity index (χ2v) is 5.90. The fraction of sp³-hybridized carbons (Fsp3) is 0.316. The number of hydrogen-bond donors (Lipinski definition) is 0. The lowest BCUT2D eigenvalue weighted by Gasteiger charge is -2.26. The van der Waals surface area contributed by atoms with Gasteiger partial charge in [-0.25, -0.2) is 4.98 Å². The Kier molecular flexibility index (Phi) is 3.65. The molecule has 0 saturated carbocycles. The lowest BCUT2D eigenvalue weighted by atomic mass is 10.1. The van der Waals surface area contributed by atoms with E-state index < -0.39 is 0 Å². The van der Waals surface area contributed by atoms with E-state index in [4.69, 9.17) is 4.42 Å². The molecule has 0 unspecified atom stereocenters. The van der Waals surface area contributed by atoms with Crippen LogP contribution in [0.4, 0.5) is 5.69 Å². The van der Waals surface area contributed by atoms with Crippen molar-refractivity contribution in [3.05, 3.63) is 48.3 Å². The average molecular weight is 294 g/mol. The Bertz CT molecular complexity index is 845. The summed E-state index contributed by atoms with van der Waals surface area (Å²) in [5.74, 6) is 0. The fourth-order valence-corrected chi connectivity index (χ4v) is 2.92. The predicted molar refractivity (Wildman–Crippen MR) is 93.4 cm³/mol. The van der Waals surface area contributed by atoms with Crippen molar-refractivity contribution in [1.29, 1.82) is 0 Å². The first-order chi connectivity index (χ1) is 10.6. The molecule has 0 fully saturated rings. The highest BCUT2D eigenvalue weighted by molar-refractivity contribution is 6.08. The quantitative estimate of drug-likeness (QED) is 0.661. The van der Waals surface area contributed by atoms with Crippen molar-refractivity contribution in [3.8, 4) is 0 Å². The van der Waals surface area contributed by atoms with Gasteiger partial charge >= 0.3 is 0 Å². The molecule has 0 bridgehead atoms. The number of benzene rings is 1. The third-order valence-electron chi connectivity index (χ3n) is 4.11. The van der Waals surface area contributed by atoms with E-state index in [1.165, 1.54) is 5.56 Å². The Balaban J connectivity index is 2.36. The molecule has 3 rings (SSSR count). The topological polar surface area (TPSA) is 29.3 Å². The van der Waals surface area contributed by atoms with E-state index in [0.717, 1.165) is 34.2 Å². The number of rotatable bonds is 4. The molecule has 0 spiro atoms. The number of furan rings is 1. The van der Waals surface area contributed by atoms with Gasteiger partial charge in [-0.15, -0.1) is 0 Å². The molecule has 0 aliphatic rings. The standard InChI is InChI=1S/C19H22N2O/c1-6-14-9-11-16-15-10-8-13(5)17(21(7-2)12(3)4)18(15)22-19(16)20-14/h7-12H,2,6H2,1,3-5H3. The molecule has 1 aromatic carbocycles. The molecule has 0 aliphatic heterocycles. The zero-order chi connectivity index (χ0) is 15.9. The molecular formula is C19H22N2O. The Morgan fingerprint density at radius 2 is 1.95 bits per heavy atom. The van der Waals surface area contributed by atoms with Crippen molar-refractivity contribution >= 4 is 27.8 Å². The molecule has 22 heavy (non-hydrogen) atoms. The normalized spacial score (nSPS) is 11.5. The van der Waals surface area contributed by atoms with Crippen molar-refractivity contribution < 1.29 is 4.42 Å². The molecule has 0 aliphatic carbocycles. The highest BCUT2D eigenvalue weighted by atomic mass is 16.3. The maximum Gasteiger partial charge on any atom is 0.227 e. The third-order valence-corrected chi connectivity index (χ3v) is 4.11. The fourth-order valence-electron chi connectivity index (χ4n) is 2.92. The van der Waals surface area contributed by atoms with Crippen molar-refractivity contribution in [2.75, 3.05) is 4.90 Å². The molecule has 0 N–H and O–H groups in total. The summed E-state index contributed by atoms with van der Waals surface area (Å²) >= 11 is 0. The number of anilines is 1. The van der Waals surface area contributed by atoms with Crippen LogP contribution in [-0.4, -0.2) is 11.0 Å². The molecule has 2 aromatic heterocycles. The Labute approximate surface area is 131 Å². The van der Waals surface area contributed by atoms with Crippen LogP contribution >= 0.6 is 0 Å². The summed E-state index contributed by atoms with van der Waals surface area (Å²) in [6, 6.07) is 8.76. The van der Waals surface area contributed by atoms with Gasteiger partial charge in [0.25, 0.3) is 0 Å². The first-order valence-electron chi connectivity index (χ1n) is 7.79. The third kappa shape index (κ3) is 2.17. The van der Waals surface area contributed by atoms with E-state index in [-0.39, 0.29) is 0 Å². The smallest absolute Gasteiger partial charge is 0.227 e. The lowest BCUT2D eigenvalue weighted by molar-refractivity contribution is 0.647. The number of aryl methyl sites for hydroxylation is 2. The van der Waals surface area contributed by atoms with E-state index in [0.29, 0.717) is 11.8 Å². The van der Waals surface area contributed by atoms with Crippen molar-refractivity contribution in [3.63, 3.8) is 0 Å². The zero-order valence-electron chi connectivity index (χ0n) is 13.7. The van der Waals surface area contributed by atoms with E-state index >= 15 is 0 Å². The zero-order valence-corrected chi connectivity index (χ0v) is 13.7. The minimum absolute atomic E-state index is 0.314. The van der Waals surface area contributed by atoms with Crippen molar-refractivity contribution in [2.24, 2.45) is 0 Å². The van der Waals surface area contributed by atoms with Gasteiger partial charge in [0.05, 0.1) is 5.69 Å². The van der Waals surface area contributed by atoms with Crippen LogP contribution in [0.25, 0.3) is 22.1 Å².